The van der Waals surface area contributed by atoms with Gasteiger partial charge < -0.3 is 5.41 Å². The minimum atomic E-state index is 0.964. The van der Waals surface area contributed by atoms with Gasteiger partial charge in [-0.15, -0.1) is 0 Å². The van der Waals surface area contributed by atoms with E-state index >= 15 is 0 Å². The molecule has 0 atom stereocenters. The van der Waals surface area contributed by atoms with Gasteiger partial charge in [-0.1, -0.05) is 6.08 Å². The summed E-state index contributed by atoms with van der Waals surface area (Å²) < 4.78 is 0. The van der Waals surface area contributed by atoms with Crippen molar-refractivity contribution in [2.75, 3.05) is 0 Å². The Morgan fingerprint density at radius 3 is 2.75 bits per heavy atom. The molecule has 1 heteroatoms. The third-order valence-electron chi connectivity index (χ3n) is 1.40. The van der Waals surface area contributed by atoms with Crippen molar-refractivity contribution < 1.29 is 0 Å². The molecular formula is C7H11N. The lowest BCUT2D eigenvalue weighted by atomic mass is 10.3. The van der Waals surface area contributed by atoms with Crippen LogP contribution in [0.4, 0.5) is 0 Å². The van der Waals surface area contributed by atoms with Crippen LogP contribution in [0.3, 0.4) is 0 Å². The molecular weight excluding hydrogens is 98.1 g/mol. The summed E-state index contributed by atoms with van der Waals surface area (Å²) in [6, 6.07) is 0. The fourth-order valence-electron chi connectivity index (χ4n) is 0.693. The van der Waals surface area contributed by atoms with Gasteiger partial charge in [-0.2, -0.15) is 0 Å². The van der Waals surface area contributed by atoms with Crippen molar-refractivity contribution in [2.24, 2.45) is 5.92 Å². The van der Waals surface area contributed by atoms with E-state index in [0.717, 1.165) is 5.92 Å². The molecule has 0 aromatic rings. The van der Waals surface area contributed by atoms with Gasteiger partial charge in [0.1, 0.15) is 0 Å². The Hall–Kier alpha value is -0.590. The SMILES string of the molecule is N=C/C=C/CC1CC1. The molecule has 0 amide bonds. The molecule has 0 aromatic carbocycles. The van der Waals surface area contributed by atoms with Crippen molar-refractivity contribution in [3.63, 3.8) is 0 Å². The summed E-state index contributed by atoms with van der Waals surface area (Å²) in [5.74, 6) is 0.964. The van der Waals surface area contributed by atoms with Crippen LogP contribution in [0.25, 0.3) is 0 Å². The maximum atomic E-state index is 6.66. The van der Waals surface area contributed by atoms with Crippen molar-refractivity contribution >= 4 is 6.21 Å². The van der Waals surface area contributed by atoms with Crippen LogP contribution in [-0.2, 0) is 0 Å². The van der Waals surface area contributed by atoms with Gasteiger partial charge in [0, 0.05) is 6.21 Å². The first kappa shape index (κ1) is 5.54. The smallest absolute Gasteiger partial charge is 0.0174 e. The monoisotopic (exact) mass is 109 g/mol. The zero-order valence-corrected chi connectivity index (χ0v) is 4.93. The van der Waals surface area contributed by atoms with Gasteiger partial charge in [-0.05, 0) is 31.3 Å². The van der Waals surface area contributed by atoms with Crippen LogP contribution in [0.2, 0.25) is 0 Å². The summed E-state index contributed by atoms with van der Waals surface area (Å²) in [6.45, 7) is 0. The van der Waals surface area contributed by atoms with Gasteiger partial charge in [0.25, 0.3) is 0 Å². The van der Waals surface area contributed by atoms with E-state index in [9.17, 15) is 0 Å². The lowest BCUT2D eigenvalue weighted by molar-refractivity contribution is 0.863. The fourth-order valence-corrected chi connectivity index (χ4v) is 0.693. The number of rotatable bonds is 3. The zero-order valence-electron chi connectivity index (χ0n) is 4.93. The first-order valence-corrected chi connectivity index (χ1v) is 3.09. The van der Waals surface area contributed by atoms with E-state index in [1.807, 2.05) is 0 Å². The molecule has 1 nitrogen and oxygen atoms in total. The van der Waals surface area contributed by atoms with E-state index in [0.29, 0.717) is 0 Å². The van der Waals surface area contributed by atoms with Gasteiger partial charge in [-0.25, -0.2) is 0 Å². The summed E-state index contributed by atoms with van der Waals surface area (Å²) in [6.07, 6.45) is 9.21. The van der Waals surface area contributed by atoms with Crippen LogP contribution in [0.1, 0.15) is 19.3 Å². The van der Waals surface area contributed by atoms with Crippen LogP contribution in [0.15, 0.2) is 12.2 Å². The average molecular weight is 109 g/mol. The van der Waals surface area contributed by atoms with E-state index in [2.05, 4.69) is 6.08 Å². The fraction of sp³-hybridized carbons (Fsp3) is 0.571. The standard InChI is InChI=1S/C7H11N/c8-6-2-1-3-7-4-5-7/h1-2,6-8H,3-5H2/b2-1+,8-6?. The van der Waals surface area contributed by atoms with E-state index in [1.165, 1.54) is 25.5 Å². The zero-order chi connectivity index (χ0) is 5.82. The molecule has 1 saturated carbocycles. The largest absolute Gasteiger partial charge is 0.309 e. The lowest BCUT2D eigenvalue weighted by Crippen LogP contribution is -1.67. The highest BCUT2D eigenvalue weighted by Crippen LogP contribution is 2.32. The predicted octanol–water partition coefficient (Wildman–Crippen LogP) is 1.99. The Balaban J connectivity index is 2.01. The quantitative estimate of drug-likeness (QED) is 0.536. The van der Waals surface area contributed by atoms with E-state index in [-0.39, 0.29) is 0 Å². The maximum Gasteiger partial charge on any atom is 0.0174 e. The summed E-state index contributed by atoms with van der Waals surface area (Å²) in [5, 5.41) is 6.66. The second-order valence-electron chi connectivity index (χ2n) is 2.27. The minimum absolute atomic E-state index is 0.964. The third-order valence-corrected chi connectivity index (χ3v) is 1.40. The average Bonchev–Trinajstić information content (AvgIpc) is 2.51. The number of hydrogen-bond acceptors (Lipinski definition) is 1. The van der Waals surface area contributed by atoms with Gasteiger partial charge in [0.05, 0.1) is 0 Å². The Morgan fingerprint density at radius 1 is 1.50 bits per heavy atom. The normalized spacial score (nSPS) is 19.5. The molecule has 0 aromatic heterocycles. The summed E-state index contributed by atoms with van der Waals surface area (Å²) in [7, 11) is 0. The van der Waals surface area contributed by atoms with Gasteiger partial charge in [-0.3, -0.25) is 0 Å². The number of hydrogen-bond donors (Lipinski definition) is 1. The molecule has 0 aliphatic heterocycles. The molecule has 1 N–H and O–H groups in total. The third kappa shape index (κ3) is 1.92. The molecule has 0 radical (unpaired) electrons. The molecule has 0 bridgehead atoms. The minimum Gasteiger partial charge on any atom is -0.309 e. The van der Waals surface area contributed by atoms with E-state index in [4.69, 9.17) is 5.41 Å². The van der Waals surface area contributed by atoms with Crippen molar-refractivity contribution in [1.29, 1.82) is 5.41 Å². The lowest BCUT2D eigenvalue weighted by Gasteiger charge is -1.80. The van der Waals surface area contributed by atoms with Crippen molar-refractivity contribution in [3.8, 4) is 0 Å². The molecule has 1 aliphatic carbocycles. The van der Waals surface area contributed by atoms with Crippen LogP contribution in [0.5, 0.6) is 0 Å². The number of allylic oxidation sites excluding steroid dienone is 2. The second kappa shape index (κ2) is 2.65. The Morgan fingerprint density at radius 2 is 2.25 bits per heavy atom. The van der Waals surface area contributed by atoms with Crippen LogP contribution in [-0.4, -0.2) is 6.21 Å². The van der Waals surface area contributed by atoms with Gasteiger partial charge >= 0.3 is 0 Å². The van der Waals surface area contributed by atoms with Crippen LogP contribution in [0, 0.1) is 11.3 Å². The van der Waals surface area contributed by atoms with Crippen molar-refractivity contribution in [2.45, 2.75) is 19.3 Å². The van der Waals surface area contributed by atoms with Crippen LogP contribution < -0.4 is 0 Å². The first-order valence-electron chi connectivity index (χ1n) is 3.09. The predicted molar refractivity (Wildman–Crippen MR) is 35.3 cm³/mol. The molecule has 44 valence electrons. The molecule has 1 aliphatic rings. The summed E-state index contributed by atoms with van der Waals surface area (Å²) >= 11 is 0. The highest BCUT2D eigenvalue weighted by atomic mass is 14.3. The summed E-state index contributed by atoms with van der Waals surface area (Å²) in [5.41, 5.74) is 0. The topological polar surface area (TPSA) is 23.9 Å². The number of nitrogens with one attached hydrogen (secondary N) is 1. The Bertz CT molecular complexity index is 101. The van der Waals surface area contributed by atoms with E-state index in [1.54, 1.807) is 6.08 Å². The molecule has 8 heavy (non-hydrogen) atoms. The van der Waals surface area contributed by atoms with Gasteiger partial charge in [0.15, 0.2) is 0 Å². The highest BCUT2D eigenvalue weighted by molar-refractivity contribution is 5.67. The van der Waals surface area contributed by atoms with Crippen molar-refractivity contribution in [3.05, 3.63) is 12.2 Å². The maximum absolute atomic E-state index is 6.66. The Labute approximate surface area is 49.9 Å². The van der Waals surface area contributed by atoms with Crippen LogP contribution >= 0.6 is 0 Å². The molecule has 0 spiro atoms. The molecule has 0 unspecified atom stereocenters. The molecule has 1 rings (SSSR count). The van der Waals surface area contributed by atoms with Crippen molar-refractivity contribution in [1.82, 2.24) is 0 Å². The second-order valence-corrected chi connectivity index (χ2v) is 2.27. The summed E-state index contributed by atoms with van der Waals surface area (Å²) in [4.78, 5) is 0. The highest BCUT2D eigenvalue weighted by Gasteiger charge is 2.18. The van der Waals surface area contributed by atoms with E-state index < -0.39 is 0 Å². The van der Waals surface area contributed by atoms with Gasteiger partial charge in [0.2, 0.25) is 0 Å². The molecule has 0 saturated heterocycles. The molecule has 1 fully saturated rings. The first-order chi connectivity index (χ1) is 3.93. The Kier molecular flexibility index (Phi) is 1.84. The molecule has 0 heterocycles.